The van der Waals surface area contributed by atoms with Crippen LogP contribution in [0.25, 0.3) is 0 Å². The van der Waals surface area contributed by atoms with E-state index in [0.717, 1.165) is 19.5 Å². The summed E-state index contributed by atoms with van der Waals surface area (Å²) in [6, 6.07) is 7.86. The molecule has 1 aromatic carbocycles. The van der Waals surface area contributed by atoms with Crippen molar-refractivity contribution in [1.29, 1.82) is 0 Å². The van der Waals surface area contributed by atoms with Crippen LogP contribution >= 0.6 is 0 Å². The molecule has 0 aliphatic carbocycles. The van der Waals surface area contributed by atoms with Gasteiger partial charge < -0.3 is 10.6 Å². The van der Waals surface area contributed by atoms with E-state index in [2.05, 4.69) is 49.6 Å². The lowest BCUT2D eigenvalue weighted by molar-refractivity contribution is 0.336. The van der Waals surface area contributed by atoms with Crippen molar-refractivity contribution in [3.8, 4) is 0 Å². The molecular weight excluding hydrogens is 196 g/mol. The number of benzene rings is 1. The van der Waals surface area contributed by atoms with E-state index >= 15 is 0 Å². The molecular formula is C14H22N2. The van der Waals surface area contributed by atoms with Crippen molar-refractivity contribution in [2.24, 2.45) is 0 Å². The highest BCUT2D eigenvalue weighted by Crippen LogP contribution is 2.14. The molecule has 0 amide bonds. The van der Waals surface area contributed by atoms with E-state index in [1.165, 1.54) is 16.7 Å². The number of piperazine rings is 1. The summed E-state index contributed by atoms with van der Waals surface area (Å²) in [6.45, 7) is 8.81. The van der Waals surface area contributed by atoms with Gasteiger partial charge >= 0.3 is 0 Å². The van der Waals surface area contributed by atoms with Gasteiger partial charge in [-0.2, -0.15) is 0 Å². The Morgan fingerprint density at radius 3 is 2.69 bits per heavy atom. The maximum Gasteiger partial charge on any atom is 0.0259 e. The topological polar surface area (TPSA) is 24.1 Å². The maximum atomic E-state index is 3.60. The van der Waals surface area contributed by atoms with Gasteiger partial charge in [0.2, 0.25) is 0 Å². The number of aryl methyl sites for hydroxylation is 2. The molecule has 1 saturated heterocycles. The summed E-state index contributed by atoms with van der Waals surface area (Å²) >= 11 is 0. The molecule has 0 radical (unpaired) electrons. The van der Waals surface area contributed by atoms with E-state index < -0.39 is 0 Å². The molecule has 1 aromatic rings. The van der Waals surface area contributed by atoms with E-state index in [-0.39, 0.29) is 0 Å². The van der Waals surface area contributed by atoms with Gasteiger partial charge in [-0.05, 0) is 38.3 Å². The molecule has 1 aliphatic heterocycles. The van der Waals surface area contributed by atoms with Crippen molar-refractivity contribution in [2.75, 3.05) is 13.1 Å². The van der Waals surface area contributed by atoms with Crippen LogP contribution in [0, 0.1) is 13.8 Å². The molecule has 2 nitrogen and oxygen atoms in total. The molecule has 2 N–H and O–H groups in total. The van der Waals surface area contributed by atoms with Crippen LogP contribution < -0.4 is 10.6 Å². The number of hydrogen-bond donors (Lipinski definition) is 2. The Morgan fingerprint density at radius 1 is 1.19 bits per heavy atom. The fraction of sp³-hybridized carbons (Fsp3) is 0.571. The Balaban J connectivity index is 2.10. The fourth-order valence-corrected chi connectivity index (χ4v) is 2.38. The van der Waals surface area contributed by atoms with Gasteiger partial charge in [0.05, 0.1) is 0 Å². The molecule has 1 aliphatic rings. The highest BCUT2D eigenvalue weighted by molar-refractivity contribution is 5.31. The molecule has 16 heavy (non-hydrogen) atoms. The smallest absolute Gasteiger partial charge is 0.0259 e. The van der Waals surface area contributed by atoms with Crippen LogP contribution in [0.4, 0.5) is 0 Å². The first kappa shape index (κ1) is 11.6. The van der Waals surface area contributed by atoms with Gasteiger partial charge in [0.15, 0.2) is 0 Å². The monoisotopic (exact) mass is 218 g/mol. The predicted molar refractivity (Wildman–Crippen MR) is 68.9 cm³/mol. The molecule has 0 saturated carbocycles. The number of nitrogens with one attached hydrogen (secondary N) is 2. The Bertz CT molecular complexity index is 360. The number of rotatable bonds is 2. The van der Waals surface area contributed by atoms with Crippen molar-refractivity contribution in [3.05, 3.63) is 34.9 Å². The van der Waals surface area contributed by atoms with Gasteiger partial charge in [0.1, 0.15) is 0 Å². The maximum absolute atomic E-state index is 3.60. The molecule has 1 heterocycles. The normalized spacial score (nSPS) is 25.7. The van der Waals surface area contributed by atoms with E-state index in [1.807, 2.05) is 0 Å². The zero-order valence-corrected chi connectivity index (χ0v) is 10.5. The zero-order valence-electron chi connectivity index (χ0n) is 10.5. The highest BCUT2D eigenvalue weighted by atomic mass is 15.1. The van der Waals surface area contributed by atoms with Crippen molar-refractivity contribution in [3.63, 3.8) is 0 Å². The average Bonchev–Trinajstić information content (AvgIpc) is 2.27. The van der Waals surface area contributed by atoms with Crippen LogP contribution in [0.2, 0.25) is 0 Å². The third-order valence-corrected chi connectivity index (χ3v) is 3.55. The van der Waals surface area contributed by atoms with E-state index in [9.17, 15) is 0 Å². The fourth-order valence-electron chi connectivity index (χ4n) is 2.38. The first-order valence-corrected chi connectivity index (χ1v) is 6.19. The Kier molecular flexibility index (Phi) is 3.62. The van der Waals surface area contributed by atoms with Crippen LogP contribution in [-0.4, -0.2) is 25.2 Å². The minimum absolute atomic E-state index is 0.564. The summed E-state index contributed by atoms with van der Waals surface area (Å²) in [5.41, 5.74) is 4.25. The first-order chi connectivity index (χ1) is 7.66. The minimum Gasteiger partial charge on any atom is -0.311 e. The summed E-state index contributed by atoms with van der Waals surface area (Å²) in [6.07, 6.45) is 1.13. The molecule has 0 bridgehead atoms. The molecule has 2 rings (SSSR count). The average molecular weight is 218 g/mol. The summed E-state index contributed by atoms with van der Waals surface area (Å²) in [7, 11) is 0. The molecule has 0 aromatic heterocycles. The SMILES string of the molecule is Cc1ccc(C)c(CC2NCCNC2C)c1. The van der Waals surface area contributed by atoms with Crippen LogP contribution in [-0.2, 0) is 6.42 Å². The van der Waals surface area contributed by atoms with Gasteiger partial charge in [0.25, 0.3) is 0 Å². The lowest BCUT2D eigenvalue weighted by Gasteiger charge is -2.31. The molecule has 0 spiro atoms. The summed E-state index contributed by atoms with van der Waals surface area (Å²) < 4.78 is 0. The lowest BCUT2D eigenvalue weighted by atomic mass is 9.95. The molecule has 1 fully saturated rings. The third kappa shape index (κ3) is 2.63. The zero-order chi connectivity index (χ0) is 11.5. The Labute approximate surface area is 98.4 Å². The van der Waals surface area contributed by atoms with Crippen molar-refractivity contribution >= 4 is 0 Å². The Hall–Kier alpha value is -0.860. The minimum atomic E-state index is 0.564. The largest absolute Gasteiger partial charge is 0.311 e. The third-order valence-electron chi connectivity index (χ3n) is 3.55. The molecule has 88 valence electrons. The molecule has 2 atom stereocenters. The predicted octanol–water partition coefficient (Wildman–Crippen LogP) is 1.80. The standard InChI is InChI=1S/C14H22N2/c1-10-4-5-11(2)13(8-10)9-14-12(3)15-6-7-16-14/h4-5,8,12,14-16H,6-7,9H2,1-3H3. The van der Waals surface area contributed by atoms with Gasteiger partial charge in [-0.1, -0.05) is 23.8 Å². The summed E-state index contributed by atoms with van der Waals surface area (Å²) in [4.78, 5) is 0. The Morgan fingerprint density at radius 2 is 1.94 bits per heavy atom. The van der Waals surface area contributed by atoms with Gasteiger partial charge in [0, 0.05) is 25.2 Å². The van der Waals surface area contributed by atoms with E-state index in [4.69, 9.17) is 0 Å². The number of hydrogen-bond acceptors (Lipinski definition) is 2. The second kappa shape index (κ2) is 4.98. The molecule has 2 unspecified atom stereocenters. The van der Waals surface area contributed by atoms with Gasteiger partial charge in [-0.25, -0.2) is 0 Å². The molecule has 2 heteroatoms. The quantitative estimate of drug-likeness (QED) is 0.791. The van der Waals surface area contributed by atoms with Crippen molar-refractivity contribution in [1.82, 2.24) is 10.6 Å². The van der Waals surface area contributed by atoms with Crippen LogP contribution in [0.15, 0.2) is 18.2 Å². The second-order valence-electron chi connectivity index (χ2n) is 4.94. The second-order valence-corrected chi connectivity index (χ2v) is 4.94. The summed E-state index contributed by atoms with van der Waals surface area (Å²) in [5, 5.41) is 7.13. The van der Waals surface area contributed by atoms with E-state index in [0.29, 0.717) is 12.1 Å². The lowest BCUT2D eigenvalue weighted by Crippen LogP contribution is -2.55. The van der Waals surface area contributed by atoms with Crippen molar-refractivity contribution < 1.29 is 0 Å². The summed E-state index contributed by atoms with van der Waals surface area (Å²) in [5.74, 6) is 0. The van der Waals surface area contributed by atoms with Gasteiger partial charge in [-0.15, -0.1) is 0 Å². The van der Waals surface area contributed by atoms with Crippen LogP contribution in [0.3, 0.4) is 0 Å². The van der Waals surface area contributed by atoms with Crippen molar-refractivity contribution in [2.45, 2.75) is 39.3 Å². The highest BCUT2D eigenvalue weighted by Gasteiger charge is 2.20. The van der Waals surface area contributed by atoms with Crippen LogP contribution in [0.5, 0.6) is 0 Å². The first-order valence-electron chi connectivity index (χ1n) is 6.19. The van der Waals surface area contributed by atoms with Gasteiger partial charge in [-0.3, -0.25) is 0 Å². The van der Waals surface area contributed by atoms with Crippen LogP contribution in [0.1, 0.15) is 23.6 Å². The van der Waals surface area contributed by atoms with E-state index in [1.54, 1.807) is 0 Å².